The number of ether oxygens (including phenoxy) is 1. The maximum absolute atomic E-state index is 12.6. The van der Waals surface area contributed by atoms with Crippen LogP contribution < -0.4 is 10.3 Å². The molecule has 8 heteroatoms. The zero-order chi connectivity index (χ0) is 19.1. The van der Waals surface area contributed by atoms with Gasteiger partial charge in [-0.1, -0.05) is 12.1 Å². The molecule has 4 heterocycles. The molecule has 1 aliphatic heterocycles. The van der Waals surface area contributed by atoms with Gasteiger partial charge in [-0.25, -0.2) is 0 Å². The van der Waals surface area contributed by atoms with Gasteiger partial charge in [0.1, 0.15) is 4.70 Å². The van der Waals surface area contributed by atoms with E-state index in [1.807, 2.05) is 34.5 Å². The van der Waals surface area contributed by atoms with E-state index in [1.54, 1.807) is 13.0 Å². The topological polar surface area (TPSA) is 81.6 Å². The van der Waals surface area contributed by atoms with Crippen molar-refractivity contribution in [2.75, 3.05) is 31.2 Å². The second kappa shape index (κ2) is 6.88. The maximum Gasteiger partial charge on any atom is 0.247 e. The molecule has 0 N–H and O–H groups in total. The van der Waals surface area contributed by atoms with Gasteiger partial charge < -0.3 is 18.5 Å². The third-order valence-electron chi connectivity index (χ3n) is 4.72. The normalized spacial score (nSPS) is 14.7. The largest absolute Gasteiger partial charge is 0.439 e. The van der Waals surface area contributed by atoms with Crippen LogP contribution in [0.15, 0.2) is 49.3 Å². The molecule has 0 bridgehead atoms. The van der Waals surface area contributed by atoms with Crippen LogP contribution in [-0.2, 0) is 4.74 Å². The summed E-state index contributed by atoms with van der Waals surface area (Å²) in [6.07, 6.45) is 0. The highest BCUT2D eigenvalue weighted by Crippen LogP contribution is 2.35. The summed E-state index contributed by atoms with van der Waals surface area (Å²) in [7, 11) is 0. The fourth-order valence-corrected chi connectivity index (χ4v) is 4.19. The third-order valence-corrected chi connectivity index (χ3v) is 5.70. The Bertz CT molecular complexity index is 1190. The predicted octanol–water partition coefficient (Wildman–Crippen LogP) is 3.72. The number of nitrogens with zero attached hydrogens (tertiary/aromatic N) is 3. The summed E-state index contributed by atoms with van der Waals surface area (Å²) in [6.45, 7) is 4.46. The molecule has 4 aromatic rings. The van der Waals surface area contributed by atoms with Gasteiger partial charge in [0.05, 0.1) is 13.2 Å². The third kappa shape index (κ3) is 3.00. The molecule has 0 atom stereocenters. The van der Waals surface area contributed by atoms with Gasteiger partial charge >= 0.3 is 0 Å². The van der Waals surface area contributed by atoms with E-state index in [1.165, 1.54) is 11.3 Å². The first-order valence-electron chi connectivity index (χ1n) is 8.98. The van der Waals surface area contributed by atoms with Crippen LogP contribution in [0, 0.1) is 6.92 Å². The molecule has 1 aliphatic rings. The predicted molar refractivity (Wildman–Crippen MR) is 107 cm³/mol. The molecular formula is C20H17N3O4S. The van der Waals surface area contributed by atoms with Gasteiger partial charge in [-0.2, -0.15) is 0 Å². The Hall–Kier alpha value is -2.97. The van der Waals surface area contributed by atoms with Crippen molar-refractivity contribution in [1.82, 2.24) is 10.2 Å². The van der Waals surface area contributed by atoms with Crippen molar-refractivity contribution < 1.29 is 13.6 Å². The molecule has 28 heavy (non-hydrogen) atoms. The molecule has 3 aromatic heterocycles. The minimum Gasteiger partial charge on any atom is -0.439 e. The van der Waals surface area contributed by atoms with E-state index in [2.05, 4.69) is 10.2 Å². The summed E-state index contributed by atoms with van der Waals surface area (Å²) in [6, 6.07) is 9.37. The van der Waals surface area contributed by atoms with Crippen LogP contribution in [0.4, 0.5) is 5.88 Å². The van der Waals surface area contributed by atoms with Gasteiger partial charge in [0.2, 0.25) is 17.2 Å². The number of hydrogen-bond acceptors (Lipinski definition) is 8. The number of morpholine rings is 1. The molecule has 0 aliphatic carbocycles. The number of aryl methyl sites for hydroxylation is 1. The molecule has 0 unspecified atom stereocenters. The van der Waals surface area contributed by atoms with E-state index in [0.29, 0.717) is 54.3 Å². The first-order valence-corrected chi connectivity index (χ1v) is 9.86. The van der Waals surface area contributed by atoms with Gasteiger partial charge in [-0.05, 0) is 17.7 Å². The summed E-state index contributed by atoms with van der Waals surface area (Å²) in [5.41, 5.74) is 3.32. The molecule has 5 rings (SSSR count). The van der Waals surface area contributed by atoms with Gasteiger partial charge in [-0.15, -0.1) is 21.5 Å². The number of fused-ring (bicyclic) bond motifs is 1. The van der Waals surface area contributed by atoms with E-state index < -0.39 is 0 Å². The van der Waals surface area contributed by atoms with E-state index in [0.717, 1.165) is 16.7 Å². The molecule has 1 saturated heterocycles. The van der Waals surface area contributed by atoms with Crippen LogP contribution >= 0.6 is 11.3 Å². The molecule has 1 aromatic carbocycles. The number of anilines is 1. The van der Waals surface area contributed by atoms with Gasteiger partial charge in [-0.3, -0.25) is 4.79 Å². The van der Waals surface area contributed by atoms with Crippen molar-refractivity contribution in [3.05, 3.63) is 51.8 Å². The first kappa shape index (κ1) is 17.2. The van der Waals surface area contributed by atoms with Crippen LogP contribution in [0.3, 0.4) is 0 Å². The summed E-state index contributed by atoms with van der Waals surface area (Å²) >= 11 is 1.40. The highest BCUT2D eigenvalue weighted by atomic mass is 32.1. The van der Waals surface area contributed by atoms with E-state index in [4.69, 9.17) is 13.6 Å². The zero-order valence-electron chi connectivity index (χ0n) is 15.2. The molecule has 142 valence electrons. The van der Waals surface area contributed by atoms with Crippen LogP contribution in [0.5, 0.6) is 0 Å². The Morgan fingerprint density at radius 1 is 1.04 bits per heavy atom. The average molecular weight is 395 g/mol. The molecule has 7 nitrogen and oxygen atoms in total. The Morgan fingerprint density at radius 3 is 2.50 bits per heavy atom. The first-order chi connectivity index (χ1) is 13.7. The monoisotopic (exact) mass is 395 g/mol. The van der Waals surface area contributed by atoms with Crippen LogP contribution in [0.25, 0.3) is 32.9 Å². The molecular weight excluding hydrogens is 378 g/mol. The summed E-state index contributed by atoms with van der Waals surface area (Å²) in [5, 5.41) is 9.87. The second-order valence-electron chi connectivity index (χ2n) is 6.56. The Morgan fingerprint density at radius 2 is 1.79 bits per heavy atom. The molecule has 0 saturated carbocycles. The van der Waals surface area contributed by atoms with Crippen molar-refractivity contribution >= 4 is 27.5 Å². The highest BCUT2D eigenvalue weighted by Gasteiger charge is 2.18. The fourth-order valence-electron chi connectivity index (χ4n) is 3.27. The molecule has 0 radical (unpaired) electrons. The van der Waals surface area contributed by atoms with Gasteiger partial charge in [0.25, 0.3) is 0 Å². The van der Waals surface area contributed by atoms with Crippen molar-refractivity contribution in [1.29, 1.82) is 0 Å². The van der Waals surface area contributed by atoms with Crippen LogP contribution in [0.1, 0.15) is 5.89 Å². The SMILES string of the molecule is Cc1nnc(-c2ccc(-c3csc4c(=O)cc(N5CCOCC5)oc34)cc2)o1. The van der Waals surface area contributed by atoms with Crippen molar-refractivity contribution in [3.63, 3.8) is 0 Å². The second-order valence-corrected chi connectivity index (χ2v) is 7.44. The van der Waals surface area contributed by atoms with Crippen molar-refractivity contribution in [2.45, 2.75) is 6.92 Å². The summed E-state index contributed by atoms with van der Waals surface area (Å²) in [4.78, 5) is 14.6. The molecule has 0 amide bonds. The van der Waals surface area contributed by atoms with Crippen molar-refractivity contribution in [3.8, 4) is 22.6 Å². The number of thiophene rings is 1. The minimum atomic E-state index is -0.0167. The molecule has 1 fully saturated rings. The Balaban J connectivity index is 1.55. The number of benzene rings is 1. The lowest BCUT2D eigenvalue weighted by Gasteiger charge is -2.27. The van der Waals surface area contributed by atoms with Gasteiger partial charge in [0.15, 0.2) is 11.5 Å². The maximum atomic E-state index is 12.6. The minimum absolute atomic E-state index is 0.0167. The summed E-state index contributed by atoms with van der Waals surface area (Å²) in [5.74, 6) is 1.61. The Labute approximate surface area is 164 Å². The van der Waals surface area contributed by atoms with Crippen LogP contribution in [-0.4, -0.2) is 36.5 Å². The van der Waals surface area contributed by atoms with Crippen LogP contribution in [0.2, 0.25) is 0 Å². The lowest BCUT2D eigenvalue weighted by Crippen LogP contribution is -2.36. The van der Waals surface area contributed by atoms with Crippen molar-refractivity contribution in [2.24, 2.45) is 0 Å². The highest BCUT2D eigenvalue weighted by molar-refractivity contribution is 7.17. The van der Waals surface area contributed by atoms with E-state index in [-0.39, 0.29) is 5.43 Å². The van der Waals surface area contributed by atoms with E-state index >= 15 is 0 Å². The lowest BCUT2D eigenvalue weighted by atomic mass is 10.1. The quantitative estimate of drug-likeness (QED) is 0.523. The standard InChI is InChI=1S/C20H17N3O4S/c1-12-21-22-20(26-12)14-4-2-13(3-5-14)15-11-28-19-16(24)10-17(27-18(15)19)23-6-8-25-9-7-23/h2-5,10-11H,6-9H2,1H3. The molecule has 0 spiro atoms. The smallest absolute Gasteiger partial charge is 0.247 e. The fraction of sp³-hybridized carbons (Fsp3) is 0.250. The zero-order valence-corrected chi connectivity index (χ0v) is 16.0. The number of rotatable bonds is 3. The average Bonchev–Trinajstić information content (AvgIpc) is 3.35. The lowest BCUT2D eigenvalue weighted by molar-refractivity contribution is 0.121. The Kier molecular flexibility index (Phi) is 4.22. The number of aromatic nitrogens is 2. The van der Waals surface area contributed by atoms with Gasteiger partial charge in [0, 0.05) is 42.6 Å². The van der Waals surface area contributed by atoms with E-state index in [9.17, 15) is 4.79 Å². The summed E-state index contributed by atoms with van der Waals surface area (Å²) < 4.78 is 17.7. The number of hydrogen-bond donors (Lipinski definition) is 0.